The molecule has 0 radical (unpaired) electrons. The number of benzene rings is 1. The second kappa shape index (κ2) is 10.6. The van der Waals surface area contributed by atoms with Crippen molar-refractivity contribution >= 4 is 42.1 Å². The number of carbonyl (C=O) groups excluding carboxylic acids is 1. The summed E-state index contributed by atoms with van der Waals surface area (Å²) in [6, 6.07) is 6.50. The zero-order chi connectivity index (χ0) is 19.6. The number of hydrogen-bond donors (Lipinski definition) is 1. The number of nitrogens with one attached hydrogen (secondary N) is 1. The fourth-order valence-corrected chi connectivity index (χ4v) is 3.14. The van der Waals surface area contributed by atoms with E-state index >= 15 is 0 Å². The second-order valence-corrected chi connectivity index (χ2v) is 6.73. The number of pyridine rings is 1. The lowest BCUT2D eigenvalue weighted by Gasteiger charge is -2.27. The minimum Gasteiger partial charge on any atom is -0.306 e. The number of amides is 1. The maximum atomic E-state index is 13.8. The minimum absolute atomic E-state index is 0. The van der Waals surface area contributed by atoms with Gasteiger partial charge in [0.25, 0.3) is 5.91 Å². The van der Waals surface area contributed by atoms with Crippen molar-refractivity contribution in [3.8, 4) is 0 Å². The highest BCUT2D eigenvalue weighted by Gasteiger charge is 2.21. The molecular weight excluding hydrogens is 426 g/mol. The van der Waals surface area contributed by atoms with Crippen LogP contribution in [-0.2, 0) is 0 Å². The summed E-state index contributed by atoms with van der Waals surface area (Å²) in [5.74, 6) is -4.44. The predicted octanol–water partition coefficient (Wildman–Crippen LogP) is 5.09. The Morgan fingerprint density at radius 2 is 1.79 bits per heavy atom. The van der Waals surface area contributed by atoms with E-state index in [1.54, 1.807) is 6.07 Å². The third-order valence-corrected chi connectivity index (χ3v) is 4.67. The molecule has 1 amide bonds. The summed E-state index contributed by atoms with van der Waals surface area (Å²) in [7, 11) is 4.09. The SMILES string of the molecule is CN(C)C1CC=C(c2cccc(NC(=O)c3c(F)cc(F)cc3F)n2)CC1.Cl.Cl. The highest BCUT2D eigenvalue weighted by molar-refractivity contribution is 6.04. The molecule has 0 spiro atoms. The molecule has 9 heteroatoms. The quantitative estimate of drug-likeness (QED) is 0.709. The first-order valence-corrected chi connectivity index (χ1v) is 8.64. The monoisotopic (exact) mass is 447 g/mol. The van der Waals surface area contributed by atoms with Crippen LogP contribution in [0.5, 0.6) is 0 Å². The van der Waals surface area contributed by atoms with Crippen LogP contribution in [-0.4, -0.2) is 35.9 Å². The summed E-state index contributed by atoms with van der Waals surface area (Å²) < 4.78 is 40.5. The number of carbonyl (C=O) groups is 1. The van der Waals surface area contributed by atoms with Crippen LogP contribution in [0.2, 0.25) is 0 Å². The summed E-state index contributed by atoms with van der Waals surface area (Å²) in [4.78, 5) is 18.8. The molecule has 1 aromatic heterocycles. The van der Waals surface area contributed by atoms with Gasteiger partial charge in [0.15, 0.2) is 0 Å². The van der Waals surface area contributed by atoms with E-state index in [0.29, 0.717) is 23.9 Å². The van der Waals surface area contributed by atoms with Crippen molar-refractivity contribution in [3.63, 3.8) is 0 Å². The Balaban J connectivity index is 0.00000210. The molecule has 0 aliphatic heterocycles. The Morgan fingerprint density at radius 3 is 2.34 bits per heavy atom. The lowest BCUT2D eigenvalue weighted by molar-refractivity contribution is 0.101. The van der Waals surface area contributed by atoms with Crippen LogP contribution in [0.15, 0.2) is 36.4 Å². The van der Waals surface area contributed by atoms with E-state index in [1.807, 2.05) is 20.2 Å². The zero-order valence-electron chi connectivity index (χ0n) is 15.9. The first kappa shape index (κ1) is 24.9. The maximum Gasteiger partial charge on any atom is 0.262 e. The summed E-state index contributed by atoms with van der Waals surface area (Å²) in [5, 5.41) is 2.38. The fraction of sp³-hybridized carbons (Fsp3) is 0.300. The highest BCUT2D eigenvalue weighted by atomic mass is 35.5. The zero-order valence-corrected chi connectivity index (χ0v) is 17.5. The summed E-state index contributed by atoms with van der Waals surface area (Å²) >= 11 is 0. The molecule has 0 fully saturated rings. The van der Waals surface area contributed by atoms with E-state index < -0.39 is 28.9 Å². The number of allylic oxidation sites excluding steroid dienone is 1. The van der Waals surface area contributed by atoms with E-state index in [9.17, 15) is 18.0 Å². The number of aromatic nitrogens is 1. The highest BCUT2D eigenvalue weighted by Crippen LogP contribution is 2.28. The van der Waals surface area contributed by atoms with Crippen molar-refractivity contribution in [3.05, 3.63) is 65.1 Å². The normalized spacial score (nSPS) is 15.8. The average Bonchev–Trinajstić information content (AvgIpc) is 2.61. The molecule has 158 valence electrons. The molecular formula is C20H22Cl2F3N3O. The Morgan fingerprint density at radius 1 is 1.14 bits per heavy atom. The number of anilines is 1. The lowest BCUT2D eigenvalue weighted by Crippen LogP contribution is -2.29. The summed E-state index contributed by atoms with van der Waals surface area (Å²) in [5.41, 5.74) is 0.947. The lowest BCUT2D eigenvalue weighted by atomic mass is 9.92. The average molecular weight is 448 g/mol. The molecule has 1 aliphatic carbocycles. The van der Waals surface area contributed by atoms with Crippen LogP contribution in [0.1, 0.15) is 35.3 Å². The molecule has 2 aromatic rings. The van der Waals surface area contributed by atoms with Gasteiger partial charge in [-0.3, -0.25) is 4.79 Å². The maximum absolute atomic E-state index is 13.8. The molecule has 3 rings (SSSR count). The van der Waals surface area contributed by atoms with Gasteiger partial charge in [0, 0.05) is 18.2 Å². The molecule has 4 nitrogen and oxygen atoms in total. The van der Waals surface area contributed by atoms with Crippen LogP contribution in [0.4, 0.5) is 19.0 Å². The van der Waals surface area contributed by atoms with Crippen LogP contribution >= 0.6 is 24.8 Å². The molecule has 1 atom stereocenters. The fourth-order valence-electron chi connectivity index (χ4n) is 3.14. The van der Waals surface area contributed by atoms with E-state index in [-0.39, 0.29) is 30.6 Å². The van der Waals surface area contributed by atoms with Gasteiger partial charge in [-0.25, -0.2) is 18.2 Å². The van der Waals surface area contributed by atoms with E-state index in [1.165, 1.54) is 6.07 Å². The van der Waals surface area contributed by atoms with Crippen LogP contribution in [0.3, 0.4) is 0 Å². The Labute approximate surface area is 180 Å². The number of nitrogens with zero attached hydrogens (tertiary/aromatic N) is 2. The Kier molecular flexibility index (Phi) is 9.14. The van der Waals surface area contributed by atoms with Gasteiger partial charge in [-0.05, 0) is 51.1 Å². The first-order chi connectivity index (χ1) is 12.8. The molecule has 1 aromatic carbocycles. The van der Waals surface area contributed by atoms with E-state index in [4.69, 9.17) is 0 Å². The standard InChI is InChI=1S/C20H20F3N3O.2ClH/c1-26(2)14-8-6-12(7-9-14)17-4-3-5-18(24-17)25-20(27)19-15(22)10-13(21)11-16(19)23;;/h3-6,10-11,14H,7-9H2,1-2H3,(H,24,25,27);2*1H. The Bertz CT molecular complexity index is 883. The van der Waals surface area contributed by atoms with Crippen LogP contribution in [0.25, 0.3) is 5.57 Å². The van der Waals surface area contributed by atoms with Crippen molar-refractivity contribution in [1.29, 1.82) is 0 Å². The summed E-state index contributed by atoms with van der Waals surface area (Å²) in [6.07, 6.45) is 4.89. The van der Waals surface area contributed by atoms with E-state index in [2.05, 4.69) is 21.3 Å². The molecule has 0 bridgehead atoms. The van der Waals surface area contributed by atoms with E-state index in [0.717, 1.165) is 24.8 Å². The number of rotatable bonds is 4. The van der Waals surface area contributed by atoms with Crippen LogP contribution < -0.4 is 5.32 Å². The van der Waals surface area contributed by atoms with Crippen molar-refractivity contribution in [2.45, 2.75) is 25.3 Å². The molecule has 29 heavy (non-hydrogen) atoms. The largest absolute Gasteiger partial charge is 0.306 e. The third-order valence-electron chi connectivity index (χ3n) is 4.67. The third kappa shape index (κ3) is 5.95. The molecule has 0 saturated carbocycles. The molecule has 1 heterocycles. The minimum atomic E-state index is -1.26. The Hall–Kier alpha value is -2.09. The second-order valence-electron chi connectivity index (χ2n) is 6.73. The molecule has 1 unspecified atom stereocenters. The van der Waals surface area contributed by atoms with Gasteiger partial charge in [-0.2, -0.15) is 0 Å². The van der Waals surface area contributed by atoms with Gasteiger partial charge in [0.1, 0.15) is 28.8 Å². The van der Waals surface area contributed by atoms with Gasteiger partial charge >= 0.3 is 0 Å². The van der Waals surface area contributed by atoms with Crippen LogP contribution in [0, 0.1) is 17.5 Å². The number of hydrogen-bond acceptors (Lipinski definition) is 3. The molecule has 0 saturated heterocycles. The molecule has 1 N–H and O–H groups in total. The van der Waals surface area contributed by atoms with Crippen molar-refractivity contribution in [1.82, 2.24) is 9.88 Å². The van der Waals surface area contributed by atoms with Gasteiger partial charge < -0.3 is 10.2 Å². The van der Waals surface area contributed by atoms with Gasteiger partial charge in [0.05, 0.1) is 5.69 Å². The topological polar surface area (TPSA) is 45.2 Å². The van der Waals surface area contributed by atoms with Crippen molar-refractivity contribution in [2.75, 3.05) is 19.4 Å². The van der Waals surface area contributed by atoms with Crippen molar-refractivity contribution in [2.24, 2.45) is 0 Å². The van der Waals surface area contributed by atoms with Gasteiger partial charge in [0.2, 0.25) is 0 Å². The van der Waals surface area contributed by atoms with Crippen molar-refractivity contribution < 1.29 is 18.0 Å². The predicted molar refractivity (Wildman–Crippen MR) is 112 cm³/mol. The molecule has 1 aliphatic rings. The van der Waals surface area contributed by atoms with Gasteiger partial charge in [-0.15, -0.1) is 24.8 Å². The smallest absolute Gasteiger partial charge is 0.262 e. The first-order valence-electron chi connectivity index (χ1n) is 8.64. The summed E-state index contributed by atoms with van der Waals surface area (Å²) in [6.45, 7) is 0. The number of halogens is 5. The van der Waals surface area contributed by atoms with Gasteiger partial charge in [-0.1, -0.05) is 12.1 Å².